The van der Waals surface area contributed by atoms with Gasteiger partial charge in [0.1, 0.15) is 0 Å². The molecule has 0 bridgehead atoms. The van der Waals surface area contributed by atoms with Gasteiger partial charge in [0.05, 0.1) is 12.5 Å². The van der Waals surface area contributed by atoms with E-state index in [1.165, 1.54) is 17.5 Å². The number of rotatable bonds is 7. The van der Waals surface area contributed by atoms with E-state index in [2.05, 4.69) is 39.4 Å². The quantitative estimate of drug-likeness (QED) is 0.773. The van der Waals surface area contributed by atoms with E-state index in [4.69, 9.17) is 4.52 Å². The summed E-state index contributed by atoms with van der Waals surface area (Å²) in [5.41, 5.74) is 2.36. The molecule has 1 fully saturated rings. The monoisotopic (exact) mass is 371 g/mol. The van der Waals surface area contributed by atoms with Crippen molar-refractivity contribution in [2.75, 3.05) is 26.7 Å². The normalized spacial score (nSPS) is 17.6. The van der Waals surface area contributed by atoms with Gasteiger partial charge in [-0.2, -0.15) is 4.98 Å². The molecule has 0 saturated carbocycles. The standard InChI is InChI=1S/C19H25N5O3/c1-14-5-3-4-6-15(14)12-24-10-8-20-19(26)16(24)11-18(25)23(2)9-7-17-21-13-27-22-17/h3-6,13,16H,7-12H2,1-2H3,(H,20,26)/t16-/m1/s1. The summed E-state index contributed by atoms with van der Waals surface area (Å²) < 4.78 is 4.70. The Morgan fingerprint density at radius 2 is 2.22 bits per heavy atom. The number of aromatic nitrogens is 2. The highest BCUT2D eigenvalue weighted by Crippen LogP contribution is 2.17. The summed E-state index contributed by atoms with van der Waals surface area (Å²) >= 11 is 0. The number of piperazine rings is 1. The maximum atomic E-state index is 12.6. The molecule has 0 spiro atoms. The van der Waals surface area contributed by atoms with Crippen molar-refractivity contribution >= 4 is 11.8 Å². The molecule has 2 aromatic rings. The van der Waals surface area contributed by atoms with Gasteiger partial charge in [0, 0.05) is 39.6 Å². The number of benzene rings is 1. The fourth-order valence-corrected chi connectivity index (χ4v) is 3.20. The molecular formula is C19H25N5O3. The molecule has 2 amide bonds. The van der Waals surface area contributed by atoms with Crippen molar-refractivity contribution in [1.82, 2.24) is 25.3 Å². The lowest BCUT2D eigenvalue weighted by atomic mass is 10.0. The average Bonchev–Trinajstić information content (AvgIpc) is 3.18. The van der Waals surface area contributed by atoms with Crippen LogP contribution in [0.2, 0.25) is 0 Å². The molecule has 1 aromatic heterocycles. The highest BCUT2D eigenvalue weighted by molar-refractivity contribution is 5.88. The van der Waals surface area contributed by atoms with Crippen LogP contribution in [0.15, 0.2) is 35.2 Å². The predicted molar refractivity (Wildman–Crippen MR) is 98.6 cm³/mol. The number of likely N-dealkylation sites (N-methyl/N-ethyl adjacent to an activating group) is 1. The molecule has 0 radical (unpaired) electrons. The summed E-state index contributed by atoms with van der Waals surface area (Å²) in [4.78, 5) is 32.7. The van der Waals surface area contributed by atoms with Gasteiger partial charge in [-0.05, 0) is 18.1 Å². The van der Waals surface area contributed by atoms with Gasteiger partial charge in [-0.25, -0.2) is 0 Å². The van der Waals surface area contributed by atoms with Gasteiger partial charge in [-0.1, -0.05) is 29.4 Å². The van der Waals surface area contributed by atoms with Crippen molar-refractivity contribution in [3.8, 4) is 0 Å². The predicted octanol–water partition coefficient (Wildman–Crippen LogP) is 0.770. The molecule has 27 heavy (non-hydrogen) atoms. The first kappa shape index (κ1) is 19.0. The molecule has 3 rings (SSSR count). The SMILES string of the molecule is Cc1ccccc1CN1CCNC(=O)[C@H]1CC(=O)N(C)CCc1ncon1. The second kappa shape index (κ2) is 8.77. The summed E-state index contributed by atoms with van der Waals surface area (Å²) in [5, 5.41) is 6.62. The fourth-order valence-electron chi connectivity index (χ4n) is 3.20. The Morgan fingerprint density at radius 3 is 2.96 bits per heavy atom. The van der Waals surface area contributed by atoms with Gasteiger partial charge in [-0.3, -0.25) is 14.5 Å². The fraction of sp³-hybridized carbons (Fsp3) is 0.474. The average molecular weight is 371 g/mol. The van der Waals surface area contributed by atoms with Crippen molar-refractivity contribution in [2.45, 2.75) is 32.4 Å². The van der Waals surface area contributed by atoms with Crippen molar-refractivity contribution in [3.05, 3.63) is 47.6 Å². The summed E-state index contributed by atoms with van der Waals surface area (Å²) in [6, 6.07) is 7.67. The molecule has 144 valence electrons. The van der Waals surface area contributed by atoms with Gasteiger partial charge in [-0.15, -0.1) is 0 Å². The first-order valence-electron chi connectivity index (χ1n) is 9.10. The number of hydrogen-bond donors (Lipinski definition) is 1. The lowest BCUT2D eigenvalue weighted by Crippen LogP contribution is -2.56. The van der Waals surface area contributed by atoms with Crippen molar-refractivity contribution in [1.29, 1.82) is 0 Å². The van der Waals surface area contributed by atoms with E-state index >= 15 is 0 Å². The molecule has 1 atom stereocenters. The van der Waals surface area contributed by atoms with Crippen LogP contribution in [0.1, 0.15) is 23.4 Å². The Morgan fingerprint density at radius 1 is 1.41 bits per heavy atom. The van der Waals surface area contributed by atoms with Crippen molar-refractivity contribution in [2.24, 2.45) is 0 Å². The number of nitrogens with one attached hydrogen (secondary N) is 1. The molecule has 1 N–H and O–H groups in total. The van der Waals surface area contributed by atoms with E-state index in [-0.39, 0.29) is 18.2 Å². The molecular weight excluding hydrogens is 346 g/mol. The van der Waals surface area contributed by atoms with E-state index < -0.39 is 6.04 Å². The third-order valence-corrected chi connectivity index (χ3v) is 4.95. The zero-order valence-corrected chi connectivity index (χ0v) is 15.7. The van der Waals surface area contributed by atoms with Crippen LogP contribution >= 0.6 is 0 Å². The molecule has 0 aliphatic carbocycles. The van der Waals surface area contributed by atoms with E-state index in [0.717, 1.165) is 6.54 Å². The van der Waals surface area contributed by atoms with Crippen molar-refractivity contribution < 1.29 is 14.1 Å². The molecule has 1 aliphatic heterocycles. The topological polar surface area (TPSA) is 91.6 Å². The molecule has 8 heteroatoms. The smallest absolute Gasteiger partial charge is 0.237 e. The Bertz CT molecular complexity index is 777. The third-order valence-electron chi connectivity index (χ3n) is 4.95. The molecule has 0 unspecified atom stereocenters. The maximum Gasteiger partial charge on any atom is 0.237 e. The van der Waals surface area contributed by atoms with Gasteiger partial charge >= 0.3 is 0 Å². The highest BCUT2D eigenvalue weighted by atomic mass is 16.5. The summed E-state index contributed by atoms with van der Waals surface area (Å²) in [5.74, 6) is 0.399. The van der Waals surface area contributed by atoms with Gasteiger partial charge in [0.15, 0.2) is 5.82 Å². The van der Waals surface area contributed by atoms with Crippen LogP contribution in [0.25, 0.3) is 0 Å². The van der Waals surface area contributed by atoms with E-state index in [0.29, 0.717) is 31.9 Å². The Hall–Kier alpha value is -2.74. The minimum atomic E-state index is -0.460. The van der Waals surface area contributed by atoms with Crippen molar-refractivity contribution in [3.63, 3.8) is 0 Å². The maximum absolute atomic E-state index is 12.6. The molecule has 1 aromatic carbocycles. The highest BCUT2D eigenvalue weighted by Gasteiger charge is 2.32. The number of hydrogen-bond acceptors (Lipinski definition) is 6. The zero-order valence-electron chi connectivity index (χ0n) is 15.7. The Labute approximate surface area is 158 Å². The van der Waals surface area contributed by atoms with Crippen LogP contribution in [0.3, 0.4) is 0 Å². The molecule has 1 saturated heterocycles. The summed E-state index contributed by atoms with van der Waals surface area (Å²) in [6.07, 6.45) is 1.94. The number of nitrogens with zero attached hydrogens (tertiary/aromatic N) is 4. The van der Waals surface area contributed by atoms with Crippen LogP contribution in [0.4, 0.5) is 0 Å². The summed E-state index contributed by atoms with van der Waals surface area (Å²) in [6.45, 7) is 4.52. The lowest BCUT2D eigenvalue weighted by molar-refractivity contribution is -0.138. The van der Waals surface area contributed by atoms with E-state index in [9.17, 15) is 9.59 Å². The number of aryl methyl sites for hydroxylation is 1. The van der Waals surface area contributed by atoms with E-state index in [1.54, 1.807) is 11.9 Å². The lowest BCUT2D eigenvalue weighted by Gasteiger charge is -2.35. The minimum absolute atomic E-state index is 0.0738. The summed E-state index contributed by atoms with van der Waals surface area (Å²) in [7, 11) is 1.73. The second-order valence-corrected chi connectivity index (χ2v) is 6.82. The van der Waals surface area contributed by atoms with Crippen LogP contribution < -0.4 is 5.32 Å². The number of carbonyl (C=O) groups is 2. The van der Waals surface area contributed by atoms with E-state index in [1.807, 2.05) is 12.1 Å². The number of amides is 2. The molecule has 8 nitrogen and oxygen atoms in total. The Balaban J connectivity index is 1.61. The van der Waals surface area contributed by atoms with Crippen LogP contribution in [0, 0.1) is 6.92 Å². The largest absolute Gasteiger partial charge is 0.353 e. The van der Waals surface area contributed by atoms with Gasteiger partial charge in [0.2, 0.25) is 18.2 Å². The first-order chi connectivity index (χ1) is 13.0. The number of carbonyl (C=O) groups excluding carboxylic acids is 2. The molecule has 2 heterocycles. The minimum Gasteiger partial charge on any atom is -0.353 e. The van der Waals surface area contributed by atoms with Crippen LogP contribution in [-0.2, 0) is 22.6 Å². The van der Waals surface area contributed by atoms with Gasteiger partial charge < -0.3 is 14.7 Å². The van der Waals surface area contributed by atoms with Crippen LogP contribution in [-0.4, -0.2) is 64.5 Å². The third kappa shape index (κ3) is 4.91. The Kier molecular flexibility index (Phi) is 6.18. The first-order valence-corrected chi connectivity index (χ1v) is 9.10. The second-order valence-electron chi connectivity index (χ2n) is 6.82. The van der Waals surface area contributed by atoms with Gasteiger partial charge in [0.25, 0.3) is 0 Å². The zero-order chi connectivity index (χ0) is 19.2. The van der Waals surface area contributed by atoms with Crippen LogP contribution in [0.5, 0.6) is 0 Å². The molecule has 1 aliphatic rings.